The van der Waals surface area contributed by atoms with Crippen molar-refractivity contribution < 1.29 is 5.11 Å². The highest BCUT2D eigenvalue weighted by molar-refractivity contribution is 5.81. The van der Waals surface area contributed by atoms with Crippen molar-refractivity contribution in [3.8, 4) is 0 Å². The Morgan fingerprint density at radius 2 is 2.00 bits per heavy atom. The summed E-state index contributed by atoms with van der Waals surface area (Å²) in [7, 11) is 2.04. The average molecular weight is 459 g/mol. The van der Waals surface area contributed by atoms with Crippen LogP contribution in [0.1, 0.15) is 44.1 Å². The summed E-state index contributed by atoms with van der Waals surface area (Å²) in [6.45, 7) is 6.80. The van der Waals surface area contributed by atoms with E-state index in [2.05, 4.69) is 36.8 Å². The summed E-state index contributed by atoms with van der Waals surface area (Å²) in [5.74, 6) is 3.77. The van der Waals surface area contributed by atoms with Gasteiger partial charge in [0.2, 0.25) is 5.95 Å². The molecule has 0 aromatic carbocycles. The van der Waals surface area contributed by atoms with Crippen LogP contribution in [-0.4, -0.2) is 48.9 Å². The Kier molecular flexibility index (Phi) is 3.97. The van der Waals surface area contributed by atoms with Gasteiger partial charge in [-0.25, -0.2) is 14.5 Å². The number of aliphatic hydroxyl groups is 1. The second-order valence-electron chi connectivity index (χ2n) is 11.1. The first-order valence-corrected chi connectivity index (χ1v) is 12.2. The van der Waals surface area contributed by atoms with Crippen LogP contribution in [0.15, 0.2) is 37.2 Å². The van der Waals surface area contributed by atoms with Crippen molar-refractivity contribution in [1.82, 2.24) is 24.6 Å². The van der Waals surface area contributed by atoms with Gasteiger partial charge in [-0.15, -0.1) is 0 Å². The predicted molar refractivity (Wildman–Crippen MR) is 130 cm³/mol. The highest BCUT2D eigenvalue weighted by atomic mass is 16.3. The summed E-state index contributed by atoms with van der Waals surface area (Å²) >= 11 is 0. The van der Waals surface area contributed by atoms with Crippen LogP contribution in [0.4, 0.5) is 23.1 Å². The molecule has 5 aliphatic rings. The molecule has 4 fully saturated rings. The molecule has 3 aromatic heterocycles. The highest BCUT2D eigenvalue weighted by Crippen LogP contribution is 2.65. The van der Waals surface area contributed by atoms with Crippen molar-refractivity contribution in [1.29, 1.82) is 0 Å². The fourth-order valence-electron chi connectivity index (χ4n) is 7.79. The molecular weight excluding hydrogens is 428 g/mol. The molecule has 4 bridgehead atoms. The number of anilines is 4. The Bertz CT molecular complexity index is 1320. The predicted octanol–water partition coefficient (Wildman–Crippen LogP) is 3.63. The van der Waals surface area contributed by atoms with Crippen LogP contribution in [0.3, 0.4) is 0 Å². The van der Waals surface area contributed by atoms with E-state index in [4.69, 9.17) is 4.98 Å². The number of nitrogens with zero attached hydrogens (tertiary/aromatic N) is 7. The summed E-state index contributed by atoms with van der Waals surface area (Å²) in [6.07, 6.45) is 12.3. The van der Waals surface area contributed by atoms with Crippen molar-refractivity contribution in [2.75, 3.05) is 28.8 Å². The number of nitrogens with one attached hydrogen (secondary N) is 1. The van der Waals surface area contributed by atoms with Gasteiger partial charge < -0.3 is 20.2 Å². The second-order valence-corrected chi connectivity index (χ2v) is 11.1. The molecule has 9 nitrogen and oxygen atoms in total. The molecule has 3 aromatic rings. The van der Waals surface area contributed by atoms with Crippen LogP contribution >= 0.6 is 0 Å². The quantitative estimate of drug-likeness (QED) is 0.612. The molecule has 9 heteroatoms. The number of rotatable bonds is 4. The van der Waals surface area contributed by atoms with E-state index in [1.807, 2.05) is 32.4 Å². The lowest BCUT2D eigenvalue weighted by molar-refractivity contribution is -0.0921. The molecule has 0 saturated heterocycles. The summed E-state index contributed by atoms with van der Waals surface area (Å²) in [5, 5.41) is 18.0. The van der Waals surface area contributed by atoms with Gasteiger partial charge in [0, 0.05) is 19.2 Å². The second kappa shape index (κ2) is 6.69. The van der Waals surface area contributed by atoms with Gasteiger partial charge in [0.25, 0.3) is 0 Å². The van der Waals surface area contributed by atoms with Crippen LogP contribution in [-0.2, 0) is 0 Å². The number of pyridine rings is 1. The van der Waals surface area contributed by atoms with Gasteiger partial charge in [0.1, 0.15) is 17.8 Å². The third kappa shape index (κ3) is 2.70. The number of hydrogen-bond acceptors (Lipinski definition) is 8. The lowest BCUT2D eigenvalue weighted by Gasteiger charge is -2.64. The molecule has 4 saturated carbocycles. The molecule has 1 aliphatic heterocycles. The molecule has 4 heterocycles. The van der Waals surface area contributed by atoms with Crippen molar-refractivity contribution in [3.63, 3.8) is 0 Å². The molecule has 0 spiro atoms. The molecular formula is C25H30N8O. The number of aromatic nitrogens is 5. The molecule has 8 rings (SSSR count). The first-order chi connectivity index (χ1) is 16.4. The summed E-state index contributed by atoms with van der Waals surface area (Å²) in [4.78, 5) is 18.4. The number of fused-ring (bicyclic) bond motifs is 2. The Morgan fingerprint density at radius 3 is 2.76 bits per heavy atom. The van der Waals surface area contributed by atoms with Crippen LogP contribution in [0, 0.1) is 24.2 Å². The van der Waals surface area contributed by atoms with Crippen molar-refractivity contribution in [2.45, 2.75) is 51.0 Å². The van der Waals surface area contributed by atoms with E-state index in [0.717, 1.165) is 66.3 Å². The van der Waals surface area contributed by atoms with Gasteiger partial charge in [0.05, 0.1) is 18.1 Å². The van der Waals surface area contributed by atoms with Crippen molar-refractivity contribution in [2.24, 2.45) is 17.3 Å². The normalized spacial score (nSPS) is 31.6. The molecule has 176 valence electrons. The SMILES string of the molecule is C=C1N(C)c2cnc(Nc3cn4ncnc4cc3C)nc2N1C12CC3CC(CC(CO)(C3)C1)C2. The lowest BCUT2D eigenvalue weighted by Crippen LogP contribution is -2.64. The van der Waals surface area contributed by atoms with Gasteiger partial charge in [-0.2, -0.15) is 10.1 Å². The maximum absolute atomic E-state index is 10.4. The average Bonchev–Trinajstić information content (AvgIpc) is 3.35. The Hall–Kier alpha value is -3.20. The van der Waals surface area contributed by atoms with Crippen LogP contribution in [0.2, 0.25) is 0 Å². The van der Waals surface area contributed by atoms with Crippen molar-refractivity contribution in [3.05, 3.63) is 42.8 Å². The smallest absolute Gasteiger partial charge is 0.229 e. The molecule has 0 radical (unpaired) electrons. The van der Waals surface area contributed by atoms with E-state index < -0.39 is 0 Å². The third-order valence-electron chi connectivity index (χ3n) is 8.80. The highest BCUT2D eigenvalue weighted by Gasteiger charge is 2.61. The fourth-order valence-corrected chi connectivity index (χ4v) is 7.79. The van der Waals surface area contributed by atoms with Gasteiger partial charge in [-0.3, -0.25) is 0 Å². The standard InChI is InChI=1S/C25H30N8O/c1-15-4-21-27-14-28-32(21)11-19(15)29-23-26-10-20-22(30-23)33(16(2)31(20)3)25-8-17-5-18(9-25)7-24(6-17,12-25)13-34/h4,10-11,14,17-18,34H,2,5-9,12-13H2,1,3H3,(H,26,29,30). The van der Waals surface area contributed by atoms with Crippen LogP contribution in [0.25, 0.3) is 5.65 Å². The summed E-state index contributed by atoms with van der Waals surface area (Å²) in [6, 6.07) is 1.99. The summed E-state index contributed by atoms with van der Waals surface area (Å²) < 4.78 is 1.74. The first-order valence-electron chi connectivity index (χ1n) is 12.2. The van der Waals surface area contributed by atoms with Gasteiger partial charge in [-0.1, -0.05) is 6.58 Å². The largest absolute Gasteiger partial charge is 0.396 e. The molecule has 2 unspecified atom stereocenters. The Balaban J connectivity index is 1.28. The topological polar surface area (TPSA) is 94.7 Å². The van der Waals surface area contributed by atoms with E-state index >= 15 is 0 Å². The third-order valence-corrected chi connectivity index (χ3v) is 8.80. The van der Waals surface area contributed by atoms with Gasteiger partial charge >= 0.3 is 0 Å². The minimum atomic E-state index is -0.0371. The first kappa shape index (κ1) is 20.2. The molecule has 34 heavy (non-hydrogen) atoms. The Labute approximate surface area is 198 Å². The van der Waals surface area contributed by atoms with Gasteiger partial charge in [-0.05, 0) is 74.3 Å². The molecule has 4 aliphatic carbocycles. The monoisotopic (exact) mass is 458 g/mol. The maximum atomic E-state index is 10.4. The lowest BCUT2D eigenvalue weighted by atomic mass is 9.46. The zero-order valence-electron chi connectivity index (χ0n) is 19.7. The van der Waals surface area contributed by atoms with Crippen LogP contribution < -0.4 is 15.1 Å². The Morgan fingerprint density at radius 1 is 1.21 bits per heavy atom. The van der Waals surface area contributed by atoms with E-state index in [9.17, 15) is 5.11 Å². The fraction of sp³-hybridized carbons (Fsp3) is 0.520. The minimum absolute atomic E-state index is 0.0371. The van der Waals surface area contributed by atoms with E-state index in [1.54, 1.807) is 10.8 Å². The minimum Gasteiger partial charge on any atom is -0.396 e. The summed E-state index contributed by atoms with van der Waals surface area (Å²) in [5.41, 5.74) is 3.74. The molecule has 0 amide bonds. The van der Waals surface area contributed by atoms with E-state index in [0.29, 0.717) is 17.8 Å². The zero-order chi connectivity index (χ0) is 23.2. The molecule has 2 N–H and O–H groups in total. The molecule has 2 atom stereocenters. The number of hydrogen-bond donors (Lipinski definition) is 2. The zero-order valence-corrected chi connectivity index (χ0v) is 19.7. The van der Waals surface area contributed by atoms with Crippen molar-refractivity contribution >= 4 is 28.8 Å². The van der Waals surface area contributed by atoms with E-state index in [-0.39, 0.29) is 17.6 Å². The number of aryl methyl sites for hydroxylation is 1. The maximum Gasteiger partial charge on any atom is 0.229 e. The van der Waals surface area contributed by atoms with Crippen LogP contribution in [0.5, 0.6) is 0 Å². The van der Waals surface area contributed by atoms with Gasteiger partial charge in [0.15, 0.2) is 11.5 Å². The van der Waals surface area contributed by atoms with E-state index in [1.165, 1.54) is 6.42 Å². The number of aliphatic hydroxyl groups excluding tert-OH is 1.